The fourth-order valence-corrected chi connectivity index (χ4v) is 4.26. The van der Waals surface area contributed by atoms with Crippen LogP contribution in [0.1, 0.15) is 27.9 Å². The zero-order valence-corrected chi connectivity index (χ0v) is 17.8. The fourth-order valence-electron chi connectivity index (χ4n) is 3.43. The smallest absolute Gasteiger partial charge is 0.406 e. The number of hydrogen-bond donors (Lipinski definition) is 1. The number of hydrogen-bond acceptors (Lipinski definition) is 8. The lowest BCUT2D eigenvalue weighted by Crippen LogP contribution is -2.21. The van der Waals surface area contributed by atoms with E-state index in [9.17, 15) is 18.0 Å². The number of amides is 1. The molecule has 168 valence electrons. The first-order valence-electron chi connectivity index (χ1n) is 9.78. The minimum absolute atomic E-state index is 0.131. The van der Waals surface area contributed by atoms with Crippen LogP contribution in [0.3, 0.4) is 0 Å². The number of halogens is 3. The van der Waals surface area contributed by atoms with Crippen molar-refractivity contribution in [1.29, 1.82) is 0 Å². The molecule has 3 aromatic rings. The number of carbonyl (C=O) groups is 1. The van der Waals surface area contributed by atoms with Crippen LogP contribution in [0.15, 0.2) is 36.4 Å². The van der Waals surface area contributed by atoms with Gasteiger partial charge in [0.15, 0.2) is 11.6 Å². The van der Waals surface area contributed by atoms with E-state index in [1.807, 2.05) is 6.92 Å². The Kier molecular flexibility index (Phi) is 6.21. The number of aryl methyl sites for hydroxylation is 1. The van der Waals surface area contributed by atoms with Crippen molar-refractivity contribution in [3.63, 3.8) is 0 Å². The number of aromatic nitrogens is 4. The monoisotopic (exact) mass is 464 g/mol. The number of nitrogens with one attached hydrogen (secondary N) is 1. The van der Waals surface area contributed by atoms with Gasteiger partial charge in [-0.2, -0.15) is 0 Å². The summed E-state index contributed by atoms with van der Waals surface area (Å²) in [6.07, 6.45) is -3.97. The molecular weight excluding hydrogens is 445 g/mol. The number of ether oxygens (including phenoxy) is 1. The topological polar surface area (TPSA) is 93.1 Å². The second-order valence-electron chi connectivity index (χ2n) is 7.29. The molecule has 1 aromatic carbocycles. The third-order valence-electron chi connectivity index (χ3n) is 4.82. The van der Waals surface area contributed by atoms with E-state index in [2.05, 4.69) is 35.3 Å². The average molecular weight is 464 g/mol. The van der Waals surface area contributed by atoms with Gasteiger partial charge >= 0.3 is 6.36 Å². The van der Waals surface area contributed by atoms with Crippen LogP contribution in [0.25, 0.3) is 0 Å². The predicted molar refractivity (Wildman–Crippen MR) is 112 cm³/mol. The molecule has 1 fully saturated rings. The average Bonchev–Trinajstić information content (AvgIpc) is 3.36. The summed E-state index contributed by atoms with van der Waals surface area (Å²) in [5.41, 5.74) is 0.379. The summed E-state index contributed by atoms with van der Waals surface area (Å²) in [5.74, 6) is 0.462. The molecule has 1 aliphatic rings. The Bertz CT molecular complexity index is 1090. The van der Waals surface area contributed by atoms with E-state index in [0.717, 1.165) is 29.5 Å². The van der Waals surface area contributed by atoms with Crippen LogP contribution in [0.5, 0.6) is 5.75 Å². The van der Waals surface area contributed by atoms with Gasteiger partial charge in [0.1, 0.15) is 15.8 Å². The van der Waals surface area contributed by atoms with E-state index in [1.165, 1.54) is 18.2 Å². The summed E-state index contributed by atoms with van der Waals surface area (Å²) in [4.78, 5) is 14.4. The van der Waals surface area contributed by atoms with Gasteiger partial charge in [0.25, 0.3) is 0 Å². The maximum atomic E-state index is 12.4. The van der Waals surface area contributed by atoms with Crippen molar-refractivity contribution >= 4 is 28.9 Å². The van der Waals surface area contributed by atoms with Crippen LogP contribution < -0.4 is 15.0 Å². The zero-order valence-electron chi connectivity index (χ0n) is 17.0. The van der Waals surface area contributed by atoms with Crippen molar-refractivity contribution in [1.82, 2.24) is 20.4 Å². The number of anilines is 2. The standard InChI is InChI=1S/C20H19F3N6O2S/c1-12-25-28-19(32-12)14-7-8-29(11-14)17-6-5-16(26-27-17)24-18(30)10-13-3-2-4-15(9-13)31-20(21,22)23/h2-6,9,14H,7-8,10-11H2,1H3,(H,24,26,30). The highest BCUT2D eigenvalue weighted by atomic mass is 32.1. The SMILES string of the molecule is Cc1nnc(C2CCN(c3ccc(NC(=O)Cc4cccc(OC(F)(F)F)c4)nn3)C2)s1. The first-order valence-corrected chi connectivity index (χ1v) is 10.6. The quantitative estimate of drug-likeness (QED) is 0.594. The Balaban J connectivity index is 1.32. The minimum atomic E-state index is -4.79. The van der Waals surface area contributed by atoms with Crippen LogP contribution in [0.2, 0.25) is 0 Å². The van der Waals surface area contributed by atoms with Crippen LogP contribution >= 0.6 is 11.3 Å². The summed E-state index contributed by atoms with van der Waals surface area (Å²) in [5, 5.41) is 21.1. The van der Waals surface area contributed by atoms with E-state index in [-0.39, 0.29) is 18.0 Å². The van der Waals surface area contributed by atoms with Gasteiger partial charge in [-0.1, -0.05) is 12.1 Å². The molecule has 0 saturated carbocycles. The molecule has 8 nitrogen and oxygen atoms in total. The molecule has 0 aliphatic carbocycles. The number of benzene rings is 1. The van der Waals surface area contributed by atoms with Crippen molar-refractivity contribution < 1.29 is 22.7 Å². The Morgan fingerprint density at radius 1 is 1.22 bits per heavy atom. The summed E-state index contributed by atoms with van der Waals surface area (Å²) in [6, 6.07) is 8.70. The molecular formula is C20H19F3N6O2S. The fraction of sp³-hybridized carbons (Fsp3) is 0.350. The molecule has 12 heteroatoms. The molecule has 0 radical (unpaired) electrons. The van der Waals surface area contributed by atoms with E-state index in [0.29, 0.717) is 17.3 Å². The Morgan fingerprint density at radius 3 is 2.75 bits per heavy atom. The molecule has 1 N–H and O–H groups in total. The van der Waals surface area contributed by atoms with E-state index >= 15 is 0 Å². The molecule has 0 spiro atoms. The van der Waals surface area contributed by atoms with Crippen molar-refractivity contribution in [3.05, 3.63) is 52.0 Å². The molecule has 3 heterocycles. The maximum absolute atomic E-state index is 12.4. The third kappa shape index (κ3) is 5.69. The molecule has 0 bridgehead atoms. The summed E-state index contributed by atoms with van der Waals surface area (Å²) < 4.78 is 40.9. The van der Waals surface area contributed by atoms with Crippen LogP contribution in [-0.4, -0.2) is 45.8 Å². The lowest BCUT2D eigenvalue weighted by molar-refractivity contribution is -0.274. The third-order valence-corrected chi connectivity index (χ3v) is 5.82. The van der Waals surface area contributed by atoms with Crippen molar-refractivity contribution in [2.45, 2.75) is 32.0 Å². The second-order valence-corrected chi connectivity index (χ2v) is 8.50. The zero-order chi connectivity index (χ0) is 22.7. The van der Waals surface area contributed by atoms with Gasteiger partial charge in [-0.15, -0.1) is 44.9 Å². The molecule has 1 unspecified atom stereocenters. The molecule has 1 saturated heterocycles. The number of rotatable bonds is 6. The van der Waals surface area contributed by atoms with Gasteiger partial charge in [0, 0.05) is 19.0 Å². The van der Waals surface area contributed by atoms with Gasteiger partial charge in [-0.25, -0.2) is 0 Å². The highest BCUT2D eigenvalue weighted by molar-refractivity contribution is 7.11. The first-order chi connectivity index (χ1) is 15.2. The van der Waals surface area contributed by atoms with Gasteiger partial charge in [-0.05, 0) is 43.2 Å². The summed E-state index contributed by atoms with van der Waals surface area (Å²) in [7, 11) is 0. The normalized spacial score (nSPS) is 16.2. The van der Waals surface area contributed by atoms with Gasteiger partial charge < -0.3 is 15.0 Å². The largest absolute Gasteiger partial charge is 0.573 e. The Morgan fingerprint density at radius 2 is 2.06 bits per heavy atom. The van der Waals surface area contributed by atoms with E-state index < -0.39 is 12.3 Å². The van der Waals surface area contributed by atoms with E-state index in [1.54, 1.807) is 29.5 Å². The summed E-state index contributed by atoms with van der Waals surface area (Å²) in [6.45, 7) is 3.52. The number of carbonyl (C=O) groups excluding carboxylic acids is 1. The summed E-state index contributed by atoms with van der Waals surface area (Å²) >= 11 is 1.60. The lowest BCUT2D eigenvalue weighted by Gasteiger charge is -2.16. The second kappa shape index (κ2) is 9.07. The van der Waals surface area contributed by atoms with Crippen molar-refractivity contribution in [2.24, 2.45) is 0 Å². The predicted octanol–water partition coefficient (Wildman–Crippen LogP) is 3.71. The molecule has 1 amide bonds. The molecule has 2 aromatic heterocycles. The highest BCUT2D eigenvalue weighted by Gasteiger charge is 2.31. The molecule has 1 aliphatic heterocycles. The molecule has 1 atom stereocenters. The number of nitrogens with zero attached hydrogens (tertiary/aromatic N) is 5. The van der Waals surface area contributed by atoms with Gasteiger partial charge in [-0.3, -0.25) is 4.79 Å². The molecule has 4 rings (SSSR count). The van der Waals surface area contributed by atoms with Gasteiger partial charge in [0.2, 0.25) is 5.91 Å². The van der Waals surface area contributed by atoms with Crippen molar-refractivity contribution in [2.75, 3.05) is 23.3 Å². The Hall–Kier alpha value is -3.28. The van der Waals surface area contributed by atoms with Gasteiger partial charge in [0.05, 0.1) is 6.42 Å². The maximum Gasteiger partial charge on any atom is 0.573 e. The first kappa shape index (κ1) is 21.9. The van der Waals surface area contributed by atoms with Crippen LogP contribution in [0.4, 0.5) is 24.8 Å². The van der Waals surface area contributed by atoms with E-state index in [4.69, 9.17) is 0 Å². The van der Waals surface area contributed by atoms with Crippen LogP contribution in [-0.2, 0) is 11.2 Å². The minimum Gasteiger partial charge on any atom is -0.406 e. The van der Waals surface area contributed by atoms with Crippen LogP contribution in [0, 0.1) is 6.92 Å². The number of alkyl halides is 3. The highest BCUT2D eigenvalue weighted by Crippen LogP contribution is 2.31. The Labute approximate surface area is 185 Å². The van der Waals surface area contributed by atoms with Crippen molar-refractivity contribution in [3.8, 4) is 5.75 Å². The molecule has 32 heavy (non-hydrogen) atoms. The lowest BCUT2D eigenvalue weighted by atomic mass is 10.1.